The van der Waals surface area contributed by atoms with Crippen LogP contribution in [-0.4, -0.2) is 41.5 Å². The van der Waals surface area contributed by atoms with Gasteiger partial charge in [-0.3, -0.25) is 14.1 Å². The fourth-order valence-corrected chi connectivity index (χ4v) is 5.90. The van der Waals surface area contributed by atoms with Crippen molar-refractivity contribution in [3.05, 3.63) is 94.5 Å². The van der Waals surface area contributed by atoms with Crippen LogP contribution in [0.1, 0.15) is 24.0 Å². The highest BCUT2D eigenvalue weighted by Gasteiger charge is 2.32. The zero-order chi connectivity index (χ0) is 27.4. The van der Waals surface area contributed by atoms with Crippen LogP contribution >= 0.6 is 0 Å². The van der Waals surface area contributed by atoms with Crippen molar-refractivity contribution in [2.24, 2.45) is 0 Å². The number of aryl methyl sites for hydroxylation is 2. The molecule has 0 unspecified atom stereocenters. The van der Waals surface area contributed by atoms with Crippen molar-refractivity contribution in [3.63, 3.8) is 0 Å². The van der Waals surface area contributed by atoms with Gasteiger partial charge in [0.05, 0.1) is 34.2 Å². The van der Waals surface area contributed by atoms with Crippen LogP contribution in [0.4, 0.5) is 21.5 Å². The molecule has 1 aliphatic heterocycles. The summed E-state index contributed by atoms with van der Waals surface area (Å²) in [6.07, 6.45) is 2.11. The number of halogens is 1. The monoisotopic (exact) mass is 546 g/mol. The Morgan fingerprint density at radius 1 is 1.08 bits per heavy atom. The molecule has 0 radical (unpaired) electrons. The molecule has 200 valence electrons. The minimum atomic E-state index is -4.02. The minimum absolute atomic E-state index is 0.0710. The lowest BCUT2D eigenvalue weighted by Gasteiger charge is -2.18. The van der Waals surface area contributed by atoms with Gasteiger partial charge < -0.3 is 5.32 Å². The van der Waals surface area contributed by atoms with Crippen LogP contribution in [0.2, 0.25) is 0 Å². The van der Waals surface area contributed by atoms with E-state index in [2.05, 4.69) is 27.2 Å². The van der Waals surface area contributed by atoms with Crippen LogP contribution in [0.3, 0.4) is 0 Å². The van der Waals surface area contributed by atoms with Crippen LogP contribution in [0, 0.1) is 11.3 Å². The van der Waals surface area contributed by atoms with E-state index in [1.54, 1.807) is 41.2 Å². The number of rotatable bonds is 9. The molecule has 0 aliphatic carbocycles. The normalized spacial score (nSPS) is 15.7. The second kappa shape index (κ2) is 11.2. The van der Waals surface area contributed by atoms with Gasteiger partial charge in [-0.2, -0.15) is 18.0 Å². The first kappa shape index (κ1) is 26.3. The Hall–Kier alpha value is -4.27. The number of hydrogen-bond donors (Lipinski definition) is 2. The van der Waals surface area contributed by atoms with Crippen LogP contribution in [-0.2, 0) is 23.2 Å². The summed E-state index contributed by atoms with van der Waals surface area (Å²) in [7, 11) is -4.02. The van der Waals surface area contributed by atoms with Gasteiger partial charge in [0.1, 0.15) is 12.2 Å². The Balaban J connectivity index is 1.36. The van der Waals surface area contributed by atoms with Gasteiger partial charge in [0.2, 0.25) is 0 Å². The Labute approximate surface area is 225 Å². The van der Waals surface area contributed by atoms with E-state index >= 15 is 0 Å². The highest BCUT2D eigenvalue weighted by atomic mass is 32.2. The third-order valence-electron chi connectivity index (χ3n) is 6.66. The van der Waals surface area contributed by atoms with E-state index in [9.17, 15) is 22.9 Å². The second-order valence-corrected chi connectivity index (χ2v) is 11.1. The number of nitrogens with one attached hydrogen (secondary N) is 2. The van der Waals surface area contributed by atoms with Gasteiger partial charge >= 0.3 is 10.2 Å². The lowest BCUT2D eigenvalue weighted by atomic mass is 10.1. The molecular formula is C28H27FN6O3S. The Morgan fingerprint density at radius 3 is 2.62 bits per heavy atom. The summed E-state index contributed by atoms with van der Waals surface area (Å²) >= 11 is 0. The lowest BCUT2D eigenvalue weighted by Crippen LogP contribution is -2.34. The van der Waals surface area contributed by atoms with E-state index in [1.807, 2.05) is 24.3 Å². The first-order valence-electron chi connectivity index (χ1n) is 12.6. The van der Waals surface area contributed by atoms with Crippen molar-refractivity contribution in [2.75, 3.05) is 23.1 Å². The van der Waals surface area contributed by atoms with E-state index in [4.69, 9.17) is 0 Å². The number of hydrogen-bond acceptors (Lipinski definition) is 6. The van der Waals surface area contributed by atoms with Gasteiger partial charge in [0, 0.05) is 25.3 Å². The van der Waals surface area contributed by atoms with Gasteiger partial charge in [-0.1, -0.05) is 36.4 Å². The predicted octanol–water partition coefficient (Wildman–Crippen LogP) is 4.35. The Kier molecular flexibility index (Phi) is 7.58. The molecule has 3 aromatic carbocycles. The number of alkyl halides is 1. The molecule has 1 atom stereocenters. The van der Waals surface area contributed by atoms with Gasteiger partial charge in [-0.05, 0) is 55.2 Å². The molecule has 0 amide bonds. The molecule has 11 heteroatoms. The quantitative estimate of drug-likeness (QED) is 0.322. The van der Waals surface area contributed by atoms with E-state index in [-0.39, 0.29) is 36.3 Å². The van der Waals surface area contributed by atoms with Crippen LogP contribution in [0.25, 0.3) is 10.9 Å². The van der Waals surface area contributed by atoms with Crippen molar-refractivity contribution in [2.45, 2.75) is 32.0 Å². The first-order chi connectivity index (χ1) is 18.8. The molecule has 1 saturated heterocycles. The smallest absolute Gasteiger partial charge is 0.301 e. The van der Waals surface area contributed by atoms with Crippen molar-refractivity contribution in [1.82, 2.24) is 13.9 Å². The van der Waals surface area contributed by atoms with E-state index in [1.165, 1.54) is 11.6 Å². The number of benzene rings is 3. The average Bonchev–Trinajstić information content (AvgIpc) is 3.38. The number of nitrogens with zero attached hydrogens (tertiary/aromatic N) is 4. The summed E-state index contributed by atoms with van der Waals surface area (Å²) in [5, 5.41) is 13.4. The fraction of sp³-hybridized carbons (Fsp3) is 0.250. The van der Waals surface area contributed by atoms with Crippen molar-refractivity contribution >= 4 is 38.2 Å². The summed E-state index contributed by atoms with van der Waals surface area (Å²) in [6.45, 7) is 0.380. The maximum absolute atomic E-state index is 13.6. The standard InChI is InChI=1S/C28H27FN6O3S/c29-21-13-15-35(18-21)39(37,38)33-27-10-4-9-26(24(27)17-30)32-22-11-12-25-23(16-22)28(36)34(19-31-25)14-5-8-20-6-2-1-3-7-20/h1-4,6-7,9-12,16,19,21,32-33H,5,8,13-15,18H2/t21-/m1/s1. The number of fused-ring (bicyclic) bond motifs is 1. The summed E-state index contributed by atoms with van der Waals surface area (Å²) in [6, 6.07) is 21.9. The van der Waals surface area contributed by atoms with E-state index in [0.717, 1.165) is 17.1 Å². The van der Waals surface area contributed by atoms with Crippen molar-refractivity contribution in [3.8, 4) is 6.07 Å². The van der Waals surface area contributed by atoms with Crippen LogP contribution < -0.4 is 15.6 Å². The first-order valence-corrected chi connectivity index (χ1v) is 14.0. The summed E-state index contributed by atoms with van der Waals surface area (Å²) < 4.78 is 44.1. The number of nitriles is 1. The zero-order valence-corrected chi connectivity index (χ0v) is 21.9. The zero-order valence-electron chi connectivity index (χ0n) is 21.0. The Morgan fingerprint density at radius 2 is 1.87 bits per heavy atom. The molecule has 4 aromatic rings. The van der Waals surface area contributed by atoms with E-state index < -0.39 is 16.4 Å². The minimum Gasteiger partial charge on any atom is -0.354 e. The molecule has 1 aliphatic rings. The lowest BCUT2D eigenvalue weighted by molar-refractivity contribution is 0.343. The van der Waals surface area contributed by atoms with Gasteiger partial charge in [0.25, 0.3) is 5.56 Å². The summed E-state index contributed by atoms with van der Waals surface area (Å²) in [4.78, 5) is 17.6. The molecule has 2 heterocycles. The SMILES string of the molecule is N#Cc1c(Nc2ccc3ncn(CCCc4ccccc4)c(=O)c3c2)cccc1NS(=O)(=O)N1CC[C@@H](F)C1. The molecule has 0 saturated carbocycles. The molecule has 1 aromatic heterocycles. The molecular weight excluding hydrogens is 519 g/mol. The van der Waals surface area contributed by atoms with Gasteiger partial charge in [-0.15, -0.1) is 0 Å². The van der Waals surface area contributed by atoms with Gasteiger partial charge in [-0.25, -0.2) is 9.37 Å². The molecule has 1 fully saturated rings. The number of anilines is 3. The third kappa shape index (κ3) is 5.92. The largest absolute Gasteiger partial charge is 0.354 e. The van der Waals surface area contributed by atoms with Gasteiger partial charge in [0.15, 0.2) is 0 Å². The maximum Gasteiger partial charge on any atom is 0.301 e. The molecule has 0 spiro atoms. The maximum atomic E-state index is 13.6. The second-order valence-electron chi connectivity index (χ2n) is 9.38. The number of aromatic nitrogens is 2. The van der Waals surface area contributed by atoms with Crippen molar-refractivity contribution in [1.29, 1.82) is 5.26 Å². The highest BCUT2D eigenvalue weighted by Crippen LogP contribution is 2.29. The predicted molar refractivity (Wildman–Crippen MR) is 149 cm³/mol. The Bertz CT molecular complexity index is 1700. The van der Waals surface area contributed by atoms with E-state index in [0.29, 0.717) is 28.8 Å². The highest BCUT2D eigenvalue weighted by molar-refractivity contribution is 7.90. The molecule has 2 N–H and O–H groups in total. The molecule has 0 bridgehead atoms. The van der Waals surface area contributed by atoms with Crippen LogP contribution in [0.15, 0.2) is 77.9 Å². The average molecular weight is 547 g/mol. The summed E-state index contributed by atoms with van der Waals surface area (Å²) in [5.41, 5.74) is 2.62. The fourth-order valence-electron chi connectivity index (χ4n) is 4.62. The molecule has 9 nitrogen and oxygen atoms in total. The molecule has 39 heavy (non-hydrogen) atoms. The molecule has 5 rings (SSSR count). The van der Waals surface area contributed by atoms with Crippen LogP contribution in [0.5, 0.6) is 0 Å². The van der Waals surface area contributed by atoms with Crippen molar-refractivity contribution < 1.29 is 12.8 Å². The summed E-state index contributed by atoms with van der Waals surface area (Å²) in [5.74, 6) is 0. The third-order valence-corrected chi connectivity index (χ3v) is 8.15. The topological polar surface area (TPSA) is 120 Å².